The number of rotatable bonds is 5. The maximum atomic E-state index is 7.55. The molecule has 0 bridgehead atoms. The minimum absolute atomic E-state index is 0.0310. The van der Waals surface area contributed by atoms with E-state index >= 15 is 0 Å². The summed E-state index contributed by atoms with van der Waals surface area (Å²) in [4.78, 5) is 0. The number of ether oxygens (including phenoxy) is 3. The van der Waals surface area contributed by atoms with Crippen LogP contribution in [0.4, 0.5) is 0 Å². The zero-order valence-electron chi connectivity index (χ0n) is 22.4. The number of benzene rings is 2. The van der Waals surface area contributed by atoms with Crippen LogP contribution in [0.5, 0.6) is 0 Å². The maximum Gasteiger partial charge on any atom is 0.261 e. The third-order valence-corrected chi connectivity index (χ3v) is 14.1. The summed E-state index contributed by atoms with van der Waals surface area (Å²) in [5.41, 5.74) is -0.369. The van der Waals surface area contributed by atoms with E-state index in [2.05, 4.69) is 95.3 Å². The van der Waals surface area contributed by atoms with Crippen molar-refractivity contribution in [1.82, 2.24) is 0 Å². The van der Waals surface area contributed by atoms with E-state index in [-0.39, 0.29) is 22.5 Å². The second-order valence-electron chi connectivity index (χ2n) is 12.8. The van der Waals surface area contributed by atoms with Gasteiger partial charge in [0.1, 0.15) is 0 Å². The molecule has 1 saturated carbocycles. The lowest BCUT2D eigenvalue weighted by Gasteiger charge is -2.52. The molecule has 1 spiro atoms. The van der Waals surface area contributed by atoms with Crippen molar-refractivity contribution in [2.45, 2.75) is 76.4 Å². The molecule has 0 aromatic heterocycles. The Labute approximate surface area is 222 Å². The first kappa shape index (κ1) is 26.4. The van der Waals surface area contributed by atoms with Crippen LogP contribution in [0.3, 0.4) is 0 Å². The topological polar surface area (TPSA) is 36.9 Å². The highest BCUT2D eigenvalue weighted by atomic mass is 35.5. The van der Waals surface area contributed by atoms with E-state index in [1.165, 1.54) is 10.4 Å². The molecule has 0 amide bonds. The molecule has 0 N–H and O–H groups in total. The highest BCUT2D eigenvalue weighted by molar-refractivity contribution is 6.99. The molecule has 196 valence electrons. The minimum atomic E-state index is -2.73. The molecule has 2 aromatic rings. The first-order valence-corrected chi connectivity index (χ1v) is 15.8. The van der Waals surface area contributed by atoms with E-state index in [9.17, 15) is 0 Å². The molecule has 0 unspecified atom stereocenters. The number of alkyl halides is 1. The zero-order chi connectivity index (χ0) is 25.7. The average Bonchev–Trinajstić information content (AvgIpc) is 3.22. The van der Waals surface area contributed by atoms with E-state index in [1.807, 2.05) is 0 Å². The van der Waals surface area contributed by atoms with Crippen molar-refractivity contribution in [3.05, 3.63) is 60.7 Å². The Hall–Kier alpha value is -1.21. The van der Waals surface area contributed by atoms with Crippen LogP contribution in [0.2, 0.25) is 5.04 Å². The molecule has 6 heteroatoms. The smallest absolute Gasteiger partial charge is 0.261 e. The van der Waals surface area contributed by atoms with Crippen LogP contribution in [0.1, 0.15) is 53.9 Å². The van der Waals surface area contributed by atoms with Gasteiger partial charge in [-0.1, -0.05) is 95.3 Å². The number of halogens is 1. The van der Waals surface area contributed by atoms with Gasteiger partial charge in [-0.3, -0.25) is 0 Å². The lowest BCUT2D eigenvalue weighted by atomic mass is 9.72. The molecule has 3 atom stereocenters. The van der Waals surface area contributed by atoms with Crippen molar-refractivity contribution < 1.29 is 18.6 Å². The lowest BCUT2D eigenvalue weighted by Crippen LogP contribution is -2.68. The molecule has 3 aliphatic rings. The van der Waals surface area contributed by atoms with Gasteiger partial charge in [0.05, 0.1) is 37.4 Å². The summed E-state index contributed by atoms with van der Waals surface area (Å²) in [6, 6.07) is 21.7. The van der Waals surface area contributed by atoms with Crippen LogP contribution in [-0.4, -0.2) is 51.5 Å². The molecule has 1 aliphatic carbocycles. The summed E-state index contributed by atoms with van der Waals surface area (Å²) >= 11 is 6.65. The Bertz CT molecular complexity index is 988. The maximum absolute atomic E-state index is 7.55. The van der Waals surface area contributed by atoms with Crippen LogP contribution >= 0.6 is 11.6 Å². The molecular formula is C30H41ClO4Si. The van der Waals surface area contributed by atoms with Gasteiger partial charge in [-0.05, 0) is 21.8 Å². The molecule has 5 rings (SSSR count). The van der Waals surface area contributed by atoms with Crippen LogP contribution in [0.25, 0.3) is 0 Å². The van der Waals surface area contributed by atoms with Gasteiger partial charge in [0.2, 0.25) is 0 Å². The fraction of sp³-hybridized carbons (Fsp3) is 0.600. The van der Waals surface area contributed by atoms with Gasteiger partial charge in [0, 0.05) is 24.2 Å². The minimum Gasteiger partial charge on any atom is -0.402 e. The molecule has 0 radical (unpaired) electrons. The van der Waals surface area contributed by atoms with Crippen molar-refractivity contribution in [3.8, 4) is 0 Å². The Morgan fingerprint density at radius 2 is 1.44 bits per heavy atom. The van der Waals surface area contributed by atoms with E-state index in [0.717, 1.165) is 19.3 Å². The van der Waals surface area contributed by atoms with Crippen LogP contribution < -0.4 is 10.4 Å². The molecule has 2 aliphatic heterocycles. The Balaban J connectivity index is 1.54. The van der Waals surface area contributed by atoms with Gasteiger partial charge in [0.15, 0.2) is 5.79 Å². The highest BCUT2D eigenvalue weighted by Crippen LogP contribution is 2.53. The zero-order valence-corrected chi connectivity index (χ0v) is 24.1. The largest absolute Gasteiger partial charge is 0.402 e. The van der Waals surface area contributed by atoms with Crippen molar-refractivity contribution in [3.63, 3.8) is 0 Å². The Morgan fingerprint density at radius 1 is 0.889 bits per heavy atom. The second-order valence-corrected chi connectivity index (χ2v) is 17.3. The quantitative estimate of drug-likeness (QED) is 0.379. The van der Waals surface area contributed by atoms with Gasteiger partial charge >= 0.3 is 0 Å². The van der Waals surface area contributed by atoms with E-state index in [0.29, 0.717) is 25.7 Å². The summed E-state index contributed by atoms with van der Waals surface area (Å²) in [6.07, 6.45) is 2.29. The molecule has 4 nitrogen and oxygen atoms in total. The molecule has 2 heterocycles. The third kappa shape index (κ3) is 4.50. The van der Waals surface area contributed by atoms with E-state index in [4.69, 9.17) is 30.2 Å². The molecule has 36 heavy (non-hydrogen) atoms. The first-order chi connectivity index (χ1) is 17.0. The van der Waals surface area contributed by atoms with Crippen molar-refractivity contribution in [2.75, 3.05) is 25.7 Å². The van der Waals surface area contributed by atoms with Crippen LogP contribution in [0, 0.1) is 11.3 Å². The lowest BCUT2D eigenvalue weighted by molar-refractivity contribution is -0.325. The number of hydrogen-bond donors (Lipinski definition) is 0. The van der Waals surface area contributed by atoms with Crippen LogP contribution in [0.15, 0.2) is 60.7 Å². The van der Waals surface area contributed by atoms with Gasteiger partial charge in [-0.25, -0.2) is 0 Å². The normalized spacial score (nSPS) is 29.7. The van der Waals surface area contributed by atoms with Crippen molar-refractivity contribution >= 4 is 30.3 Å². The summed E-state index contributed by atoms with van der Waals surface area (Å²) in [7, 11) is -2.73. The highest BCUT2D eigenvalue weighted by Gasteiger charge is 2.61. The Morgan fingerprint density at radius 3 is 1.94 bits per heavy atom. The number of hydrogen-bond acceptors (Lipinski definition) is 4. The summed E-state index contributed by atoms with van der Waals surface area (Å²) < 4.78 is 27.1. The summed E-state index contributed by atoms with van der Waals surface area (Å²) in [5, 5.41) is 2.46. The van der Waals surface area contributed by atoms with Gasteiger partial charge in [0.25, 0.3) is 8.32 Å². The third-order valence-electron chi connectivity index (χ3n) is 8.54. The van der Waals surface area contributed by atoms with Gasteiger partial charge in [-0.15, -0.1) is 11.6 Å². The summed E-state index contributed by atoms with van der Waals surface area (Å²) in [5.74, 6) is -0.0114. The molecule has 2 saturated heterocycles. The molecule has 3 fully saturated rings. The molecule has 2 aromatic carbocycles. The Kier molecular flexibility index (Phi) is 6.98. The first-order valence-electron chi connectivity index (χ1n) is 13.3. The van der Waals surface area contributed by atoms with Crippen LogP contribution in [-0.2, 0) is 18.6 Å². The number of fused-ring (bicyclic) bond motifs is 1. The monoisotopic (exact) mass is 528 g/mol. The predicted octanol–water partition coefficient (Wildman–Crippen LogP) is 5.51. The average molecular weight is 529 g/mol. The SMILES string of the molecule is CC1(C)COC2(CC[C@]3(CCl)OC[C@H](O[Si](c4ccccc4)(c4ccccc4)C(C)(C)C)[C@@H]3C2)OC1. The fourth-order valence-electron chi connectivity index (χ4n) is 6.46. The van der Waals surface area contributed by atoms with Crippen molar-refractivity contribution in [2.24, 2.45) is 11.3 Å². The van der Waals surface area contributed by atoms with Gasteiger partial charge in [-0.2, -0.15) is 0 Å². The van der Waals surface area contributed by atoms with E-state index < -0.39 is 19.7 Å². The summed E-state index contributed by atoms with van der Waals surface area (Å²) in [6.45, 7) is 13.3. The second kappa shape index (κ2) is 9.51. The fourth-order valence-corrected chi connectivity index (χ4v) is 11.6. The molecular weight excluding hydrogens is 488 g/mol. The van der Waals surface area contributed by atoms with Crippen molar-refractivity contribution in [1.29, 1.82) is 0 Å². The predicted molar refractivity (Wildman–Crippen MR) is 148 cm³/mol. The van der Waals surface area contributed by atoms with Gasteiger partial charge < -0.3 is 18.6 Å². The standard InChI is InChI=1S/C30H41ClO4Si/c1-27(2,3)36(23-12-8-6-9-13-23,24-14-10-7-11-15-24)35-26-19-32-29(20-31)16-17-30(18-25(26)29)33-21-28(4,5)22-34-30/h6-15,25-26H,16-22H2,1-5H3/t25-,26-,29+/m0/s1. The van der Waals surface area contributed by atoms with E-state index in [1.54, 1.807) is 0 Å².